The molecule has 78 valence electrons. The summed E-state index contributed by atoms with van der Waals surface area (Å²) < 4.78 is 6.57. The zero-order valence-electron chi connectivity index (χ0n) is 8.47. The SMILES string of the molecule is CC(=O)Cc1nc(-c2cnn(C)c2)no1. The van der Waals surface area contributed by atoms with Gasteiger partial charge >= 0.3 is 0 Å². The van der Waals surface area contributed by atoms with Crippen LogP contribution in [0.4, 0.5) is 0 Å². The number of carbonyl (C=O) groups is 1. The second-order valence-corrected chi connectivity index (χ2v) is 3.29. The van der Waals surface area contributed by atoms with E-state index in [4.69, 9.17) is 4.52 Å². The van der Waals surface area contributed by atoms with Gasteiger partial charge in [-0.15, -0.1) is 0 Å². The van der Waals surface area contributed by atoms with Crippen LogP contribution in [0.25, 0.3) is 11.4 Å². The Bertz CT molecular complexity index is 486. The molecule has 0 N–H and O–H groups in total. The maximum atomic E-state index is 10.8. The number of hydrogen-bond donors (Lipinski definition) is 0. The third-order valence-electron chi connectivity index (χ3n) is 1.83. The topological polar surface area (TPSA) is 73.8 Å². The number of carbonyl (C=O) groups excluding carboxylic acids is 1. The third-order valence-corrected chi connectivity index (χ3v) is 1.83. The molecule has 2 rings (SSSR count). The Kier molecular flexibility index (Phi) is 2.32. The van der Waals surface area contributed by atoms with E-state index in [0.717, 1.165) is 5.56 Å². The average molecular weight is 206 g/mol. The lowest BCUT2D eigenvalue weighted by atomic mass is 10.3. The van der Waals surface area contributed by atoms with Crippen LogP contribution < -0.4 is 0 Å². The van der Waals surface area contributed by atoms with Gasteiger partial charge in [0.1, 0.15) is 5.78 Å². The molecule has 0 aliphatic heterocycles. The highest BCUT2D eigenvalue weighted by atomic mass is 16.5. The van der Waals surface area contributed by atoms with Crippen molar-refractivity contribution in [1.82, 2.24) is 19.9 Å². The van der Waals surface area contributed by atoms with E-state index < -0.39 is 0 Å². The van der Waals surface area contributed by atoms with Crippen molar-refractivity contribution < 1.29 is 9.32 Å². The first-order chi connectivity index (χ1) is 7.15. The van der Waals surface area contributed by atoms with E-state index in [1.807, 2.05) is 0 Å². The molecule has 0 saturated carbocycles. The standard InChI is InChI=1S/C9H10N4O2/c1-6(14)3-8-11-9(12-15-8)7-4-10-13(2)5-7/h4-5H,3H2,1-2H3. The van der Waals surface area contributed by atoms with Gasteiger partial charge in [-0.3, -0.25) is 9.48 Å². The van der Waals surface area contributed by atoms with Gasteiger partial charge in [0, 0.05) is 13.2 Å². The second-order valence-electron chi connectivity index (χ2n) is 3.29. The van der Waals surface area contributed by atoms with Crippen LogP contribution in [0.3, 0.4) is 0 Å². The lowest BCUT2D eigenvalue weighted by Crippen LogP contribution is -1.95. The molecule has 2 aromatic heterocycles. The quantitative estimate of drug-likeness (QED) is 0.735. The van der Waals surface area contributed by atoms with Crippen LogP contribution in [0.2, 0.25) is 0 Å². The Hall–Kier alpha value is -1.98. The number of hydrogen-bond acceptors (Lipinski definition) is 5. The number of ketones is 1. The van der Waals surface area contributed by atoms with Gasteiger partial charge in [0.2, 0.25) is 11.7 Å². The Morgan fingerprint density at radius 3 is 3.00 bits per heavy atom. The summed E-state index contributed by atoms with van der Waals surface area (Å²) in [5, 5.41) is 7.75. The minimum absolute atomic E-state index is 0.00335. The van der Waals surface area contributed by atoms with Crippen molar-refractivity contribution in [2.45, 2.75) is 13.3 Å². The van der Waals surface area contributed by atoms with Crippen LogP contribution in [0.1, 0.15) is 12.8 Å². The zero-order chi connectivity index (χ0) is 10.8. The van der Waals surface area contributed by atoms with Crippen molar-refractivity contribution >= 4 is 5.78 Å². The van der Waals surface area contributed by atoms with Gasteiger partial charge in [-0.25, -0.2) is 0 Å². The number of aromatic nitrogens is 4. The van der Waals surface area contributed by atoms with Crippen molar-refractivity contribution in [3.63, 3.8) is 0 Å². The van der Waals surface area contributed by atoms with Crippen LogP contribution in [-0.4, -0.2) is 25.7 Å². The number of Topliss-reactive ketones (excluding diaryl/α,β-unsaturated/α-hetero) is 1. The van der Waals surface area contributed by atoms with Crippen LogP contribution >= 0.6 is 0 Å². The highest BCUT2D eigenvalue weighted by molar-refractivity contribution is 5.77. The molecule has 0 aliphatic carbocycles. The van der Waals surface area contributed by atoms with Crippen LogP contribution in [0.5, 0.6) is 0 Å². The summed E-state index contributed by atoms with van der Waals surface area (Å²) in [6.07, 6.45) is 3.60. The van der Waals surface area contributed by atoms with Crippen molar-refractivity contribution in [2.75, 3.05) is 0 Å². The molecule has 0 amide bonds. The smallest absolute Gasteiger partial charge is 0.234 e. The molecule has 0 aliphatic rings. The lowest BCUT2D eigenvalue weighted by molar-refractivity contribution is -0.116. The summed E-state index contributed by atoms with van der Waals surface area (Å²) in [6.45, 7) is 1.48. The summed E-state index contributed by atoms with van der Waals surface area (Å²) in [5.74, 6) is 0.789. The first-order valence-electron chi connectivity index (χ1n) is 4.46. The van der Waals surface area contributed by atoms with Gasteiger partial charge in [-0.2, -0.15) is 10.1 Å². The van der Waals surface area contributed by atoms with Crippen molar-refractivity contribution in [1.29, 1.82) is 0 Å². The van der Waals surface area contributed by atoms with E-state index in [1.165, 1.54) is 6.92 Å². The van der Waals surface area contributed by atoms with Crippen LogP contribution in [-0.2, 0) is 18.3 Å². The average Bonchev–Trinajstić information content (AvgIpc) is 2.72. The van der Waals surface area contributed by atoms with Crippen LogP contribution in [0, 0.1) is 0 Å². The van der Waals surface area contributed by atoms with E-state index in [1.54, 1.807) is 24.1 Å². The normalized spacial score (nSPS) is 10.5. The van der Waals surface area contributed by atoms with Gasteiger partial charge in [0.25, 0.3) is 0 Å². The van der Waals surface area contributed by atoms with Gasteiger partial charge in [0.15, 0.2) is 0 Å². The first kappa shape index (κ1) is 9.57. The first-order valence-corrected chi connectivity index (χ1v) is 4.46. The van der Waals surface area contributed by atoms with E-state index in [9.17, 15) is 4.79 Å². The van der Waals surface area contributed by atoms with E-state index in [0.29, 0.717) is 11.7 Å². The molecule has 0 radical (unpaired) electrons. The second kappa shape index (κ2) is 3.64. The van der Waals surface area contributed by atoms with Gasteiger partial charge in [-0.1, -0.05) is 5.16 Å². The fourth-order valence-electron chi connectivity index (χ4n) is 1.19. The summed E-state index contributed by atoms with van der Waals surface area (Å²) in [5.41, 5.74) is 0.774. The molecule has 2 heterocycles. The van der Waals surface area contributed by atoms with Crippen molar-refractivity contribution in [2.24, 2.45) is 7.05 Å². The highest BCUT2D eigenvalue weighted by Crippen LogP contribution is 2.14. The van der Waals surface area contributed by atoms with Crippen LogP contribution in [0.15, 0.2) is 16.9 Å². The molecule has 0 aromatic carbocycles. The molecule has 2 aromatic rings. The Labute approximate surface area is 85.9 Å². The maximum absolute atomic E-state index is 10.8. The van der Waals surface area contributed by atoms with Gasteiger partial charge < -0.3 is 4.52 Å². The number of nitrogens with zero attached hydrogens (tertiary/aromatic N) is 4. The van der Waals surface area contributed by atoms with Gasteiger partial charge in [0.05, 0.1) is 18.2 Å². The molecule has 0 atom stereocenters. The minimum atomic E-state index is -0.00335. The van der Waals surface area contributed by atoms with E-state index >= 15 is 0 Å². The van der Waals surface area contributed by atoms with Gasteiger partial charge in [-0.05, 0) is 6.92 Å². The predicted molar refractivity (Wildman–Crippen MR) is 50.9 cm³/mol. The molecule has 6 heteroatoms. The Morgan fingerprint density at radius 2 is 2.40 bits per heavy atom. The summed E-state index contributed by atoms with van der Waals surface area (Å²) >= 11 is 0. The van der Waals surface area contributed by atoms with Crippen molar-refractivity contribution in [3.8, 4) is 11.4 Å². The molecule has 15 heavy (non-hydrogen) atoms. The minimum Gasteiger partial charge on any atom is -0.338 e. The molecular formula is C9H10N4O2. The van der Waals surface area contributed by atoms with E-state index in [2.05, 4.69) is 15.2 Å². The molecule has 0 unspecified atom stereocenters. The highest BCUT2D eigenvalue weighted by Gasteiger charge is 2.11. The molecule has 0 bridgehead atoms. The Balaban J connectivity index is 2.23. The largest absolute Gasteiger partial charge is 0.338 e. The van der Waals surface area contributed by atoms with E-state index in [-0.39, 0.29) is 12.2 Å². The molecule has 0 fully saturated rings. The Morgan fingerprint density at radius 1 is 1.60 bits per heavy atom. The fourth-order valence-corrected chi connectivity index (χ4v) is 1.19. The monoisotopic (exact) mass is 206 g/mol. The number of rotatable bonds is 3. The van der Waals surface area contributed by atoms with Crippen molar-refractivity contribution in [3.05, 3.63) is 18.3 Å². The number of aryl methyl sites for hydroxylation is 1. The lowest BCUT2D eigenvalue weighted by Gasteiger charge is -1.84. The molecule has 0 spiro atoms. The summed E-state index contributed by atoms with van der Waals surface area (Å²) in [7, 11) is 1.81. The maximum Gasteiger partial charge on any atom is 0.234 e. The fraction of sp³-hybridized carbons (Fsp3) is 0.333. The predicted octanol–water partition coefficient (Wildman–Crippen LogP) is 0.602. The summed E-state index contributed by atoms with van der Waals surface area (Å²) in [6, 6.07) is 0. The molecule has 0 saturated heterocycles. The molecular weight excluding hydrogens is 196 g/mol. The summed E-state index contributed by atoms with van der Waals surface area (Å²) in [4.78, 5) is 14.9. The third kappa shape index (κ3) is 2.09. The zero-order valence-corrected chi connectivity index (χ0v) is 8.47. The molecule has 6 nitrogen and oxygen atoms in total.